The number of aryl methyl sites for hydroxylation is 3. The summed E-state index contributed by atoms with van der Waals surface area (Å²) in [6.07, 6.45) is 0. The summed E-state index contributed by atoms with van der Waals surface area (Å²) in [7, 11) is 0. The van der Waals surface area contributed by atoms with Crippen molar-refractivity contribution >= 4 is 5.97 Å². The maximum atomic E-state index is 10.9. The molecule has 0 unspecified atom stereocenters. The fourth-order valence-corrected chi connectivity index (χ4v) is 1.68. The number of nitrogens with zero attached hydrogens (tertiary/aromatic N) is 2. The summed E-state index contributed by atoms with van der Waals surface area (Å²) in [5.41, 5.74) is 2.60. The fraction of sp³-hybridized carbons (Fsp3) is 0.214. The SMILES string of the molecule is Cc1cc(C)nc(Oc2cc(C(=O)O)ccc2C)n1. The summed E-state index contributed by atoms with van der Waals surface area (Å²) in [5, 5.41) is 8.97. The minimum Gasteiger partial charge on any atom is -0.478 e. The number of carboxylic acid groups (broad SMARTS) is 1. The first-order chi connectivity index (χ1) is 8.95. The first-order valence-corrected chi connectivity index (χ1v) is 5.80. The Morgan fingerprint density at radius 1 is 1.11 bits per heavy atom. The van der Waals surface area contributed by atoms with Gasteiger partial charge >= 0.3 is 12.0 Å². The van der Waals surface area contributed by atoms with E-state index in [1.165, 1.54) is 12.1 Å². The van der Waals surface area contributed by atoms with Crippen LogP contribution in [-0.4, -0.2) is 21.0 Å². The second kappa shape index (κ2) is 5.06. The Labute approximate surface area is 110 Å². The standard InChI is InChI=1S/C14H14N2O3/c1-8-4-5-11(13(17)18)7-12(8)19-14-15-9(2)6-10(3)16-14/h4-7H,1-3H3,(H,17,18). The molecule has 0 aliphatic rings. The van der Waals surface area contributed by atoms with Crippen LogP contribution in [0.2, 0.25) is 0 Å². The van der Waals surface area contributed by atoms with E-state index < -0.39 is 5.97 Å². The number of hydrogen-bond donors (Lipinski definition) is 1. The summed E-state index contributed by atoms with van der Waals surface area (Å²) in [4.78, 5) is 19.3. The molecule has 0 saturated heterocycles. The van der Waals surface area contributed by atoms with E-state index in [-0.39, 0.29) is 11.6 Å². The molecule has 5 heteroatoms. The Kier molecular flexibility index (Phi) is 3.46. The van der Waals surface area contributed by atoms with Gasteiger partial charge in [-0.3, -0.25) is 0 Å². The first kappa shape index (κ1) is 13.0. The third kappa shape index (κ3) is 3.07. The molecule has 98 valence electrons. The molecule has 0 fully saturated rings. The maximum absolute atomic E-state index is 10.9. The average molecular weight is 258 g/mol. The normalized spacial score (nSPS) is 10.3. The highest BCUT2D eigenvalue weighted by atomic mass is 16.5. The Morgan fingerprint density at radius 3 is 2.32 bits per heavy atom. The number of rotatable bonds is 3. The number of carbonyl (C=O) groups is 1. The minimum atomic E-state index is -0.994. The van der Waals surface area contributed by atoms with Crippen LogP contribution >= 0.6 is 0 Å². The quantitative estimate of drug-likeness (QED) is 0.916. The molecule has 1 heterocycles. The van der Waals surface area contributed by atoms with Crippen molar-refractivity contribution in [3.05, 3.63) is 46.8 Å². The van der Waals surface area contributed by atoms with E-state index in [9.17, 15) is 4.79 Å². The van der Waals surface area contributed by atoms with Crippen LogP contribution in [0.5, 0.6) is 11.8 Å². The molecule has 0 spiro atoms. The Morgan fingerprint density at radius 2 is 1.74 bits per heavy atom. The van der Waals surface area contributed by atoms with Gasteiger partial charge in [-0.15, -0.1) is 0 Å². The zero-order valence-corrected chi connectivity index (χ0v) is 11.0. The van der Waals surface area contributed by atoms with Crippen LogP contribution in [0.1, 0.15) is 27.3 Å². The molecule has 0 saturated carbocycles. The summed E-state index contributed by atoms with van der Waals surface area (Å²) in [5.74, 6) is -0.545. The number of benzene rings is 1. The molecule has 0 bridgehead atoms. The first-order valence-electron chi connectivity index (χ1n) is 5.80. The molecule has 0 aliphatic carbocycles. The molecule has 2 rings (SSSR count). The van der Waals surface area contributed by atoms with Crippen molar-refractivity contribution in [1.29, 1.82) is 0 Å². The van der Waals surface area contributed by atoms with E-state index in [1.807, 2.05) is 26.8 Å². The maximum Gasteiger partial charge on any atom is 0.335 e. The zero-order valence-electron chi connectivity index (χ0n) is 11.0. The molecule has 1 N–H and O–H groups in total. The predicted molar refractivity (Wildman–Crippen MR) is 69.7 cm³/mol. The van der Waals surface area contributed by atoms with Crippen molar-refractivity contribution in [2.24, 2.45) is 0 Å². The van der Waals surface area contributed by atoms with Gasteiger partial charge in [-0.05, 0) is 44.5 Å². The van der Waals surface area contributed by atoms with E-state index in [4.69, 9.17) is 9.84 Å². The predicted octanol–water partition coefficient (Wildman–Crippen LogP) is 2.89. The smallest absolute Gasteiger partial charge is 0.335 e. The number of carboxylic acids is 1. The molecular weight excluding hydrogens is 244 g/mol. The number of hydrogen-bond acceptors (Lipinski definition) is 4. The van der Waals surface area contributed by atoms with Gasteiger partial charge in [0, 0.05) is 11.4 Å². The second-order valence-corrected chi connectivity index (χ2v) is 4.32. The van der Waals surface area contributed by atoms with Crippen LogP contribution in [0.25, 0.3) is 0 Å². The van der Waals surface area contributed by atoms with Crippen molar-refractivity contribution in [3.8, 4) is 11.8 Å². The molecule has 19 heavy (non-hydrogen) atoms. The van der Waals surface area contributed by atoms with Gasteiger partial charge in [-0.1, -0.05) is 6.07 Å². The lowest BCUT2D eigenvalue weighted by molar-refractivity contribution is 0.0696. The highest BCUT2D eigenvalue weighted by Crippen LogP contribution is 2.24. The Bertz CT molecular complexity index is 618. The molecule has 0 aliphatic heterocycles. The lowest BCUT2D eigenvalue weighted by Crippen LogP contribution is -2.00. The van der Waals surface area contributed by atoms with Crippen LogP contribution in [-0.2, 0) is 0 Å². The molecule has 2 aromatic rings. The van der Waals surface area contributed by atoms with Gasteiger partial charge in [0.15, 0.2) is 0 Å². The van der Waals surface area contributed by atoms with Crippen LogP contribution in [0.15, 0.2) is 24.3 Å². The topological polar surface area (TPSA) is 72.3 Å². The average Bonchev–Trinajstić information content (AvgIpc) is 2.30. The number of aromatic carboxylic acids is 1. The van der Waals surface area contributed by atoms with E-state index >= 15 is 0 Å². The minimum absolute atomic E-state index is 0.171. The Balaban J connectivity index is 2.37. The van der Waals surface area contributed by atoms with E-state index in [2.05, 4.69) is 9.97 Å². The molecule has 0 atom stereocenters. The molecule has 0 radical (unpaired) electrons. The summed E-state index contributed by atoms with van der Waals surface area (Å²) in [6.45, 7) is 5.54. The van der Waals surface area contributed by atoms with Gasteiger partial charge in [0.25, 0.3) is 0 Å². The molecule has 5 nitrogen and oxygen atoms in total. The van der Waals surface area contributed by atoms with Crippen molar-refractivity contribution in [1.82, 2.24) is 9.97 Å². The zero-order chi connectivity index (χ0) is 14.0. The van der Waals surface area contributed by atoms with Crippen LogP contribution in [0.3, 0.4) is 0 Å². The highest BCUT2D eigenvalue weighted by Gasteiger charge is 2.09. The monoisotopic (exact) mass is 258 g/mol. The third-order valence-corrected chi connectivity index (χ3v) is 2.60. The van der Waals surface area contributed by atoms with Crippen molar-refractivity contribution in [2.45, 2.75) is 20.8 Å². The van der Waals surface area contributed by atoms with Crippen LogP contribution in [0.4, 0.5) is 0 Å². The third-order valence-electron chi connectivity index (χ3n) is 2.60. The summed E-state index contributed by atoms with van der Waals surface area (Å²) < 4.78 is 5.58. The van der Waals surface area contributed by atoms with Crippen molar-refractivity contribution in [3.63, 3.8) is 0 Å². The van der Waals surface area contributed by atoms with Gasteiger partial charge in [0.05, 0.1) is 5.56 Å². The van der Waals surface area contributed by atoms with Gasteiger partial charge in [0.2, 0.25) is 0 Å². The van der Waals surface area contributed by atoms with Crippen LogP contribution in [0, 0.1) is 20.8 Å². The lowest BCUT2D eigenvalue weighted by atomic mass is 10.1. The second-order valence-electron chi connectivity index (χ2n) is 4.32. The van der Waals surface area contributed by atoms with E-state index in [1.54, 1.807) is 6.07 Å². The van der Waals surface area contributed by atoms with Gasteiger partial charge in [-0.2, -0.15) is 0 Å². The largest absolute Gasteiger partial charge is 0.478 e. The van der Waals surface area contributed by atoms with Gasteiger partial charge in [-0.25, -0.2) is 14.8 Å². The number of aromatic nitrogens is 2. The molecule has 0 amide bonds. The van der Waals surface area contributed by atoms with E-state index in [0.29, 0.717) is 5.75 Å². The van der Waals surface area contributed by atoms with Crippen molar-refractivity contribution < 1.29 is 14.6 Å². The fourth-order valence-electron chi connectivity index (χ4n) is 1.68. The van der Waals surface area contributed by atoms with Crippen molar-refractivity contribution in [2.75, 3.05) is 0 Å². The molecule has 1 aromatic carbocycles. The summed E-state index contributed by atoms with van der Waals surface area (Å²) >= 11 is 0. The summed E-state index contributed by atoms with van der Waals surface area (Å²) in [6, 6.07) is 6.77. The number of ether oxygens (including phenoxy) is 1. The van der Waals surface area contributed by atoms with Gasteiger partial charge < -0.3 is 9.84 Å². The lowest BCUT2D eigenvalue weighted by Gasteiger charge is -2.09. The van der Waals surface area contributed by atoms with Crippen LogP contribution < -0.4 is 4.74 Å². The van der Waals surface area contributed by atoms with E-state index in [0.717, 1.165) is 17.0 Å². The van der Waals surface area contributed by atoms with Gasteiger partial charge in [0.1, 0.15) is 5.75 Å². The Hall–Kier alpha value is -2.43. The molecular formula is C14H14N2O3. The highest BCUT2D eigenvalue weighted by molar-refractivity contribution is 5.88. The molecule has 1 aromatic heterocycles.